The van der Waals surface area contributed by atoms with Gasteiger partial charge in [-0.3, -0.25) is 4.79 Å². The molecule has 1 aliphatic rings. The fourth-order valence-electron chi connectivity index (χ4n) is 2.60. The minimum atomic E-state index is 0.0743. The molecule has 0 N–H and O–H groups in total. The van der Waals surface area contributed by atoms with E-state index in [0.717, 1.165) is 6.54 Å². The maximum Gasteiger partial charge on any atom is 0.250 e. The van der Waals surface area contributed by atoms with Crippen molar-refractivity contribution < 1.29 is 0 Å². The highest BCUT2D eigenvalue weighted by Crippen LogP contribution is 2.27. The molecule has 94 valence electrons. The van der Waals surface area contributed by atoms with E-state index in [1.807, 2.05) is 19.3 Å². The van der Waals surface area contributed by atoms with Crippen molar-refractivity contribution >= 4 is 0 Å². The van der Waals surface area contributed by atoms with Gasteiger partial charge in [0.25, 0.3) is 0 Å². The molecule has 0 aliphatic carbocycles. The van der Waals surface area contributed by atoms with E-state index in [1.165, 1.54) is 24.9 Å². The van der Waals surface area contributed by atoms with Crippen molar-refractivity contribution in [3.05, 3.63) is 34.2 Å². The van der Waals surface area contributed by atoms with Crippen molar-refractivity contribution in [1.82, 2.24) is 9.47 Å². The third-order valence-corrected chi connectivity index (χ3v) is 3.76. The Morgan fingerprint density at radius 1 is 1.35 bits per heavy atom. The van der Waals surface area contributed by atoms with E-state index in [4.69, 9.17) is 0 Å². The second-order valence-corrected chi connectivity index (χ2v) is 5.34. The normalized spacial score (nSPS) is 22.0. The number of hydrogen-bond acceptors (Lipinski definition) is 2. The van der Waals surface area contributed by atoms with Gasteiger partial charge in [0.1, 0.15) is 0 Å². The molecule has 0 radical (unpaired) electrons. The van der Waals surface area contributed by atoms with E-state index in [2.05, 4.69) is 18.7 Å². The maximum atomic E-state index is 11.4. The van der Waals surface area contributed by atoms with Gasteiger partial charge in [-0.15, -0.1) is 0 Å². The molecule has 1 atom stereocenters. The van der Waals surface area contributed by atoms with Gasteiger partial charge in [0, 0.05) is 31.9 Å². The van der Waals surface area contributed by atoms with Crippen LogP contribution in [-0.2, 0) is 7.05 Å². The number of piperidine rings is 1. The predicted octanol–water partition coefficient (Wildman–Crippen LogP) is 1.97. The smallest absolute Gasteiger partial charge is 0.250 e. The van der Waals surface area contributed by atoms with Crippen molar-refractivity contribution in [2.45, 2.75) is 38.6 Å². The first-order valence-electron chi connectivity index (χ1n) is 6.48. The molecule has 2 rings (SSSR count). The summed E-state index contributed by atoms with van der Waals surface area (Å²) in [7, 11) is 1.83. The minimum Gasteiger partial charge on any atom is -0.318 e. The third kappa shape index (κ3) is 2.78. The monoisotopic (exact) mass is 234 g/mol. The Kier molecular flexibility index (Phi) is 3.67. The van der Waals surface area contributed by atoms with Gasteiger partial charge in [0.2, 0.25) is 5.56 Å². The SMILES string of the molecule is CC(C)N1CCCC(c2ccc(=O)n(C)c2)C1. The molecule has 0 aromatic carbocycles. The van der Waals surface area contributed by atoms with Gasteiger partial charge < -0.3 is 9.47 Å². The van der Waals surface area contributed by atoms with Crippen LogP contribution in [0.5, 0.6) is 0 Å². The number of pyridine rings is 1. The van der Waals surface area contributed by atoms with Crippen LogP contribution in [0, 0.1) is 0 Å². The topological polar surface area (TPSA) is 25.2 Å². The first kappa shape index (κ1) is 12.4. The molecule has 0 amide bonds. The quantitative estimate of drug-likeness (QED) is 0.781. The molecule has 3 nitrogen and oxygen atoms in total. The van der Waals surface area contributed by atoms with Crippen molar-refractivity contribution in [3.8, 4) is 0 Å². The molecular formula is C14H22N2O. The summed E-state index contributed by atoms with van der Waals surface area (Å²) in [5.41, 5.74) is 1.38. The van der Waals surface area contributed by atoms with Gasteiger partial charge in [-0.05, 0) is 44.7 Å². The average Bonchev–Trinajstić information content (AvgIpc) is 2.33. The van der Waals surface area contributed by atoms with E-state index in [1.54, 1.807) is 10.6 Å². The van der Waals surface area contributed by atoms with Crippen LogP contribution in [0.4, 0.5) is 0 Å². The Bertz CT molecular complexity index is 436. The summed E-state index contributed by atoms with van der Waals surface area (Å²) in [4.78, 5) is 13.9. The van der Waals surface area contributed by atoms with E-state index < -0.39 is 0 Å². The summed E-state index contributed by atoms with van der Waals surface area (Å²) in [5, 5.41) is 0. The summed E-state index contributed by atoms with van der Waals surface area (Å²) in [6.07, 6.45) is 4.49. The summed E-state index contributed by atoms with van der Waals surface area (Å²) < 4.78 is 1.68. The van der Waals surface area contributed by atoms with Gasteiger partial charge in [-0.2, -0.15) is 0 Å². The molecule has 1 fully saturated rings. The molecule has 17 heavy (non-hydrogen) atoms. The molecular weight excluding hydrogens is 212 g/mol. The van der Waals surface area contributed by atoms with Crippen LogP contribution in [0.2, 0.25) is 0 Å². The highest BCUT2D eigenvalue weighted by Gasteiger charge is 2.22. The van der Waals surface area contributed by atoms with Crippen LogP contribution in [0.25, 0.3) is 0 Å². The molecule has 1 unspecified atom stereocenters. The van der Waals surface area contributed by atoms with Gasteiger partial charge in [0.05, 0.1) is 0 Å². The zero-order valence-corrected chi connectivity index (χ0v) is 11.0. The maximum absolute atomic E-state index is 11.4. The first-order valence-corrected chi connectivity index (χ1v) is 6.48. The molecule has 0 spiro atoms. The third-order valence-electron chi connectivity index (χ3n) is 3.76. The molecule has 1 saturated heterocycles. The highest BCUT2D eigenvalue weighted by molar-refractivity contribution is 5.16. The van der Waals surface area contributed by atoms with Crippen molar-refractivity contribution in [1.29, 1.82) is 0 Å². The molecule has 2 heterocycles. The summed E-state index contributed by atoms with van der Waals surface area (Å²) in [5.74, 6) is 0.581. The van der Waals surface area contributed by atoms with Gasteiger partial charge in [-0.1, -0.05) is 6.07 Å². The van der Waals surface area contributed by atoms with E-state index in [9.17, 15) is 4.79 Å². The fraction of sp³-hybridized carbons (Fsp3) is 0.643. The summed E-state index contributed by atoms with van der Waals surface area (Å²) in [6.45, 7) is 6.84. The molecule has 1 aromatic rings. The lowest BCUT2D eigenvalue weighted by molar-refractivity contribution is 0.167. The standard InChI is InChI=1S/C14H22N2O/c1-11(2)16-8-4-5-12(10-16)13-6-7-14(17)15(3)9-13/h6-7,9,11-12H,4-5,8,10H2,1-3H3. The highest BCUT2D eigenvalue weighted by atomic mass is 16.1. The second-order valence-electron chi connectivity index (χ2n) is 5.34. The number of nitrogens with zero attached hydrogens (tertiary/aromatic N) is 2. The van der Waals surface area contributed by atoms with Crippen LogP contribution in [-0.4, -0.2) is 28.6 Å². The largest absolute Gasteiger partial charge is 0.318 e. The number of aromatic nitrogens is 1. The van der Waals surface area contributed by atoms with Crippen LogP contribution in [0.15, 0.2) is 23.1 Å². The molecule has 0 bridgehead atoms. The number of aryl methyl sites for hydroxylation is 1. The predicted molar refractivity (Wildman–Crippen MR) is 70.4 cm³/mol. The van der Waals surface area contributed by atoms with Gasteiger partial charge in [0.15, 0.2) is 0 Å². The molecule has 1 aliphatic heterocycles. The Hall–Kier alpha value is -1.09. The van der Waals surface area contributed by atoms with Crippen molar-refractivity contribution in [2.75, 3.05) is 13.1 Å². The fourth-order valence-corrected chi connectivity index (χ4v) is 2.60. The molecule has 1 aromatic heterocycles. The van der Waals surface area contributed by atoms with Gasteiger partial charge >= 0.3 is 0 Å². The average molecular weight is 234 g/mol. The van der Waals surface area contributed by atoms with Crippen LogP contribution in [0.1, 0.15) is 38.2 Å². The minimum absolute atomic E-state index is 0.0743. The van der Waals surface area contributed by atoms with Crippen LogP contribution < -0.4 is 5.56 Å². The van der Waals surface area contributed by atoms with Crippen molar-refractivity contribution in [2.24, 2.45) is 7.05 Å². The van der Waals surface area contributed by atoms with Gasteiger partial charge in [-0.25, -0.2) is 0 Å². The lowest BCUT2D eigenvalue weighted by Gasteiger charge is -2.35. The lowest BCUT2D eigenvalue weighted by atomic mass is 9.91. The first-order chi connectivity index (χ1) is 8.08. The Morgan fingerprint density at radius 2 is 2.12 bits per heavy atom. The zero-order chi connectivity index (χ0) is 12.4. The molecule has 3 heteroatoms. The Labute approximate surface area is 103 Å². The van der Waals surface area contributed by atoms with E-state index in [0.29, 0.717) is 12.0 Å². The molecule has 0 saturated carbocycles. The summed E-state index contributed by atoms with van der Waals surface area (Å²) in [6, 6.07) is 4.30. The van der Waals surface area contributed by atoms with Crippen molar-refractivity contribution in [3.63, 3.8) is 0 Å². The summed E-state index contributed by atoms with van der Waals surface area (Å²) >= 11 is 0. The number of rotatable bonds is 2. The van der Waals surface area contributed by atoms with Crippen LogP contribution in [0.3, 0.4) is 0 Å². The Morgan fingerprint density at radius 3 is 2.76 bits per heavy atom. The zero-order valence-electron chi connectivity index (χ0n) is 11.0. The Balaban J connectivity index is 2.16. The second kappa shape index (κ2) is 5.05. The van der Waals surface area contributed by atoms with E-state index >= 15 is 0 Å². The number of likely N-dealkylation sites (tertiary alicyclic amines) is 1. The lowest BCUT2D eigenvalue weighted by Crippen LogP contribution is -2.39. The van der Waals surface area contributed by atoms with Crippen LogP contribution >= 0.6 is 0 Å². The number of hydrogen-bond donors (Lipinski definition) is 0. The van der Waals surface area contributed by atoms with E-state index in [-0.39, 0.29) is 5.56 Å².